The monoisotopic (exact) mass is 167 g/mol. The highest BCUT2D eigenvalue weighted by Gasteiger charge is 2.15. The van der Waals surface area contributed by atoms with Crippen LogP contribution in [-0.4, -0.2) is 17.9 Å². The molecule has 0 unspecified atom stereocenters. The van der Waals surface area contributed by atoms with Crippen LogP contribution in [0.1, 0.15) is 0 Å². The van der Waals surface area contributed by atoms with Crippen LogP contribution in [-0.2, 0) is 0 Å². The summed E-state index contributed by atoms with van der Waals surface area (Å²) in [6.45, 7) is 0. The lowest BCUT2D eigenvalue weighted by atomic mass is 9.94. The molecule has 1 aromatic carbocycles. The van der Waals surface area contributed by atoms with E-state index in [1.54, 1.807) is 0 Å². The summed E-state index contributed by atoms with van der Waals surface area (Å²) in [6.07, 6.45) is 0. The molecule has 12 heavy (non-hydrogen) atoms. The maximum absolute atomic E-state index is 12.6. The van der Waals surface area contributed by atoms with Gasteiger partial charge >= 0.3 is 5.69 Å². The summed E-state index contributed by atoms with van der Waals surface area (Å²) in [6, 6.07) is 1.37. The Kier molecular flexibility index (Phi) is 1.99. The number of phenolic OH excluding ortho intramolecular Hbond substituents is 1. The van der Waals surface area contributed by atoms with Crippen molar-refractivity contribution in [3.8, 4) is 5.75 Å². The highest BCUT2D eigenvalue weighted by atomic mass is 19.1. The minimum atomic E-state index is -1.06. The maximum atomic E-state index is 12.6. The Balaban J connectivity index is 3.33. The normalized spacial score (nSPS) is 9.75. The molecule has 4 nitrogen and oxygen atoms in total. The van der Waals surface area contributed by atoms with Gasteiger partial charge in [-0.05, 0) is 6.07 Å². The van der Waals surface area contributed by atoms with Crippen LogP contribution in [0.2, 0.25) is 0 Å². The number of nitro groups is 1. The summed E-state index contributed by atoms with van der Waals surface area (Å²) >= 11 is 0. The van der Waals surface area contributed by atoms with Crippen molar-refractivity contribution >= 4 is 19.0 Å². The van der Waals surface area contributed by atoms with Gasteiger partial charge in [0.25, 0.3) is 0 Å². The molecule has 0 saturated carbocycles. The van der Waals surface area contributed by atoms with Crippen LogP contribution in [0.5, 0.6) is 5.75 Å². The maximum Gasteiger partial charge on any atom is 0.308 e. The van der Waals surface area contributed by atoms with Crippen molar-refractivity contribution in [1.29, 1.82) is 0 Å². The summed E-state index contributed by atoms with van der Waals surface area (Å²) in [5.74, 6) is -1.56. The van der Waals surface area contributed by atoms with E-state index in [-0.39, 0.29) is 5.46 Å². The number of hydrogen-bond acceptors (Lipinski definition) is 3. The molecule has 1 aromatic rings. The van der Waals surface area contributed by atoms with E-state index >= 15 is 0 Å². The molecule has 0 aliphatic carbocycles. The first-order valence-electron chi connectivity index (χ1n) is 2.94. The molecule has 2 radical (unpaired) electrons. The van der Waals surface area contributed by atoms with Gasteiger partial charge in [-0.2, -0.15) is 4.39 Å². The highest BCUT2D eigenvalue weighted by molar-refractivity contribution is 6.34. The Hall–Kier alpha value is -1.59. The lowest BCUT2D eigenvalue weighted by Gasteiger charge is -1.98. The Morgan fingerprint density at radius 1 is 1.58 bits per heavy atom. The number of phenols is 1. The topological polar surface area (TPSA) is 63.4 Å². The van der Waals surface area contributed by atoms with Crippen LogP contribution < -0.4 is 5.46 Å². The van der Waals surface area contributed by atoms with Gasteiger partial charge in [0.2, 0.25) is 0 Å². The second-order valence-corrected chi connectivity index (χ2v) is 2.12. The molecule has 0 aliphatic rings. The van der Waals surface area contributed by atoms with E-state index in [1.165, 1.54) is 0 Å². The van der Waals surface area contributed by atoms with E-state index in [9.17, 15) is 14.5 Å². The van der Waals surface area contributed by atoms with Crippen LogP contribution in [0.3, 0.4) is 0 Å². The third-order valence-corrected chi connectivity index (χ3v) is 1.29. The zero-order chi connectivity index (χ0) is 9.30. The van der Waals surface area contributed by atoms with Gasteiger partial charge in [-0.1, -0.05) is 5.46 Å². The van der Waals surface area contributed by atoms with Crippen molar-refractivity contribution in [1.82, 2.24) is 0 Å². The summed E-state index contributed by atoms with van der Waals surface area (Å²) in [7, 11) is 5.08. The first-order valence-corrected chi connectivity index (χ1v) is 2.94. The Morgan fingerprint density at radius 2 is 2.17 bits per heavy atom. The molecule has 0 aromatic heterocycles. The van der Waals surface area contributed by atoms with Crippen molar-refractivity contribution in [3.05, 3.63) is 28.1 Å². The lowest BCUT2D eigenvalue weighted by molar-refractivity contribution is -0.387. The van der Waals surface area contributed by atoms with E-state index in [4.69, 9.17) is 13.0 Å². The number of aromatic hydroxyl groups is 1. The zero-order valence-electron chi connectivity index (χ0n) is 5.82. The predicted octanol–water partition coefficient (Wildman–Crippen LogP) is 0.233. The van der Waals surface area contributed by atoms with E-state index < -0.39 is 22.2 Å². The molecule has 0 saturated heterocycles. The third-order valence-electron chi connectivity index (χ3n) is 1.29. The van der Waals surface area contributed by atoms with Crippen molar-refractivity contribution in [3.63, 3.8) is 0 Å². The Bertz CT molecular complexity index is 342. The minimum Gasteiger partial charge on any atom is -0.508 e. The average molecular weight is 167 g/mol. The molecular weight excluding hydrogens is 164 g/mol. The van der Waals surface area contributed by atoms with Crippen LogP contribution >= 0.6 is 0 Å². The van der Waals surface area contributed by atoms with Gasteiger partial charge in [0, 0.05) is 0 Å². The third kappa shape index (κ3) is 1.36. The molecule has 1 N–H and O–H groups in total. The molecule has 0 atom stereocenters. The molecule has 0 heterocycles. The number of hydrogen-bond donors (Lipinski definition) is 1. The summed E-state index contributed by atoms with van der Waals surface area (Å²) in [5.41, 5.74) is -1.01. The Morgan fingerprint density at radius 3 is 2.67 bits per heavy atom. The van der Waals surface area contributed by atoms with Gasteiger partial charge in [-0.25, -0.2) is 0 Å². The van der Waals surface area contributed by atoms with Gasteiger partial charge in [-0.3, -0.25) is 10.1 Å². The smallest absolute Gasteiger partial charge is 0.308 e. The molecule has 0 bridgehead atoms. The number of rotatable bonds is 1. The highest BCUT2D eigenvalue weighted by Crippen LogP contribution is 2.19. The zero-order valence-corrected chi connectivity index (χ0v) is 5.82. The van der Waals surface area contributed by atoms with Crippen LogP contribution in [0, 0.1) is 15.9 Å². The molecule has 60 valence electrons. The van der Waals surface area contributed by atoms with Gasteiger partial charge < -0.3 is 5.11 Å². The van der Waals surface area contributed by atoms with Crippen LogP contribution in [0.15, 0.2) is 12.1 Å². The van der Waals surface area contributed by atoms with Crippen molar-refractivity contribution in [2.24, 2.45) is 0 Å². The molecule has 0 spiro atoms. The first kappa shape index (κ1) is 8.51. The average Bonchev–Trinajstić information content (AvgIpc) is 1.96. The van der Waals surface area contributed by atoms with E-state index in [1.807, 2.05) is 0 Å². The number of nitrogens with zero attached hydrogens (tertiary/aromatic N) is 1. The summed E-state index contributed by atoms with van der Waals surface area (Å²) in [5, 5.41) is 19.0. The molecule has 0 aliphatic heterocycles. The largest absolute Gasteiger partial charge is 0.508 e. The fourth-order valence-corrected chi connectivity index (χ4v) is 0.706. The van der Waals surface area contributed by atoms with E-state index in [2.05, 4.69) is 0 Å². The lowest BCUT2D eigenvalue weighted by Crippen LogP contribution is -2.05. The van der Waals surface area contributed by atoms with Crippen molar-refractivity contribution in [2.75, 3.05) is 0 Å². The first-order chi connectivity index (χ1) is 5.52. The molecule has 0 amide bonds. The molecule has 0 fully saturated rings. The fraction of sp³-hybridized carbons (Fsp3) is 0. The predicted molar refractivity (Wildman–Crippen MR) is 40.1 cm³/mol. The van der Waals surface area contributed by atoms with Gasteiger partial charge in [0.15, 0.2) is 5.82 Å². The SMILES string of the molecule is [B]c1cc(F)c([N+](=O)[O-])cc1O. The van der Waals surface area contributed by atoms with E-state index in [0.717, 1.165) is 0 Å². The number of nitro benzene ring substituents is 1. The number of benzene rings is 1. The van der Waals surface area contributed by atoms with Crippen molar-refractivity contribution in [2.45, 2.75) is 0 Å². The molecular formula is C6H3BFNO3. The Labute approximate surface area is 68.2 Å². The second kappa shape index (κ2) is 2.81. The molecule has 1 rings (SSSR count). The fourth-order valence-electron chi connectivity index (χ4n) is 0.706. The number of halogens is 1. The standard InChI is InChI=1S/C6H3BFNO3/c7-3-1-4(8)5(9(11)12)2-6(3)10/h1-2,10H. The van der Waals surface area contributed by atoms with E-state index in [0.29, 0.717) is 12.1 Å². The second-order valence-electron chi connectivity index (χ2n) is 2.12. The van der Waals surface area contributed by atoms with Gasteiger partial charge in [0.1, 0.15) is 13.6 Å². The van der Waals surface area contributed by atoms with Crippen molar-refractivity contribution < 1.29 is 14.4 Å². The molecule has 6 heteroatoms. The quantitative estimate of drug-likeness (QED) is 0.370. The summed E-state index contributed by atoms with van der Waals surface area (Å²) in [4.78, 5) is 9.16. The van der Waals surface area contributed by atoms with Crippen LogP contribution in [0.4, 0.5) is 10.1 Å². The minimum absolute atomic E-state index is 0.224. The van der Waals surface area contributed by atoms with Crippen LogP contribution in [0.25, 0.3) is 0 Å². The van der Waals surface area contributed by atoms with Gasteiger partial charge in [-0.15, -0.1) is 0 Å². The summed E-state index contributed by atoms with van der Waals surface area (Å²) < 4.78 is 12.6. The van der Waals surface area contributed by atoms with Gasteiger partial charge in [0.05, 0.1) is 11.0 Å².